The SMILES string of the molecule is COc1ccc(/C=C(\NC(=O)c2ccccc2Br)C(=O)NCCCO)cc1. The molecular weight excluding hydrogens is 412 g/mol. The van der Waals surface area contributed by atoms with Crippen LogP contribution in [0.4, 0.5) is 0 Å². The molecule has 0 aliphatic carbocycles. The van der Waals surface area contributed by atoms with Crippen LogP contribution >= 0.6 is 15.9 Å². The lowest BCUT2D eigenvalue weighted by atomic mass is 10.1. The van der Waals surface area contributed by atoms with Crippen molar-refractivity contribution in [2.75, 3.05) is 20.3 Å². The smallest absolute Gasteiger partial charge is 0.267 e. The predicted molar refractivity (Wildman–Crippen MR) is 107 cm³/mol. The van der Waals surface area contributed by atoms with Crippen molar-refractivity contribution in [1.29, 1.82) is 0 Å². The second-order valence-corrected chi connectivity index (χ2v) is 6.45. The van der Waals surface area contributed by atoms with Crippen molar-refractivity contribution in [3.05, 3.63) is 69.8 Å². The highest BCUT2D eigenvalue weighted by Crippen LogP contribution is 2.17. The van der Waals surface area contributed by atoms with Crippen LogP contribution in [0.5, 0.6) is 5.75 Å². The first-order valence-electron chi connectivity index (χ1n) is 8.36. The number of halogens is 1. The van der Waals surface area contributed by atoms with E-state index in [0.717, 1.165) is 5.56 Å². The fourth-order valence-electron chi connectivity index (χ4n) is 2.24. The van der Waals surface area contributed by atoms with Gasteiger partial charge >= 0.3 is 0 Å². The van der Waals surface area contributed by atoms with Gasteiger partial charge in [-0.15, -0.1) is 0 Å². The molecule has 142 valence electrons. The Bertz CT molecular complexity index is 819. The fraction of sp³-hybridized carbons (Fsp3) is 0.200. The molecule has 0 atom stereocenters. The number of nitrogens with one attached hydrogen (secondary N) is 2. The number of aliphatic hydroxyl groups is 1. The molecule has 0 saturated heterocycles. The van der Waals surface area contributed by atoms with Gasteiger partial charge < -0.3 is 20.5 Å². The van der Waals surface area contributed by atoms with E-state index in [1.54, 1.807) is 61.7 Å². The minimum atomic E-state index is -0.431. The van der Waals surface area contributed by atoms with Gasteiger partial charge in [-0.1, -0.05) is 24.3 Å². The summed E-state index contributed by atoms with van der Waals surface area (Å²) in [6, 6.07) is 14.1. The summed E-state index contributed by atoms with van der Waals surface area (Å²) in [6.45, 7) is 0.279. The molecule has 2 aromatic rings. The van der Waals surface area contributed by atoms with Crippen LogP contribution in [0.3, 0.4) is 0 Å². The summed E-state index contributed by atoms with van der Waals surface area (Å²) in [5.74, 6) is -0.141. The lowest BCUT2D eigenvalue weighted by Gasteiger charge is -2.12. The van der Waals surface area contributed by atoms with Crippen LogP contribution < -0.4 is 15.4 Å². The second-order valence-electron chi connectivity index (χ2n) is 5.60. The van der Waals surface area contributed by atoms with Crippen molar-refractivity contribution in [3.8, 4) is 5.75 Å². The number of rotatable bonds is 8. The minimum absolute atomic E-state index is 0.0267. The van der Waals surface area contributed by atoms with Gasteiger partial charge in [0.1, 0.15) is 11.4 Å². The average Bonchev–Trinajstić information content (AvgIpc) is 2.68. The van der Waals surface area contributed by atoms with Crippen LogP contribution in [-0.2, 0) is 4.79 Å². The van der Waals surface area contributed by atoms with E-state index >= 15 is 0 Å². The zero-order valence-corrected chi connectivity index (χ0v) is 16.5. The summed E-state index contributed by atoms with van der Waals surface area (Å²) in [7, 11) is 1.57. The number of aliphatic hydroxyl groups excluding tert-OH is 1. The normalized spacial score (nSPS) is 11.0. The maximum absolute atomic E-state index is 12.6. The van der Waals surface area contributed by atoms with Crippen molar-refractivity contribution in [1.82, 2.24) is 10.6 Å². The summed E-state index contributed by atoms with van der Waals surface area (Å²) in [5, 5.41) is 14.2. The highest BCUT2D eigenvalue weighted by Gasteiger charge is 2.16. The molecule has 0 bridgehead atoms. The lowest BCUT2D eigenvalue weighted by molar-refractivity contribution is -0.117. The van der Waals surface area contributed by atoms with E-state index < -0.39 is 11.8 Å². The van der Waals surface area contributed by atoms with Crippen LogP contribution in [0.1, 0.15) is 22.3 Å². The summed E-state index contributed by atoms with van der Waals surface area (Å²) >= 11 is 3.34. The highest BCUT2D eigenvalue weighted by atomic mass is 79.9. The first-order chi connectivity index (χ1) is 13.0. The first-order valence-corrected chi connectivity index (χ1v) is 9.15. The Morgan fingerprint density at radius 1 is 1.15 bits per heavy atom. The molecule has 0 aliphatic rings. The van der Waals surface area contributed by atoms with Crippen LogP contribution in [-0.4, -0.2) is 37.2 Å². The quantitative estimate of drug-likeness (QED) is 0.442. The van der Waals surface area contributed by atoms with Crippen LogP contribution in [0.2, 0.25) is 0 Å². The Balaban J connectivity index is 2.25. The monoisotopic (exact) mass is 432 g/mol. The first kappa shape index (κ1) is 20.7. The molecular formula is C20H21BrN2O4. The van der Waals surface area contributed by atoms with Crippen LogP contribution in [0.15, 0.2) is 58.7 Å². The molecule has 0 heterocycles. The highest BCUT2D eigenvalue weighted by molar-refractivity contribution is 9.10. The number of amides is 2. The Hall–Kier alpha value is -2.64. The number of benzene rings is 2. The minimum Gasteiger partial charge on any atom is -0.497 e. The molecule has 6 nitrogen and oxygen atoms in total. The van der Waals surface area contributed by atoms with Crippen molar-refractivity contribution in [3.63, 3.8) is 0 Å². The van der Waals surface area contributed by atoms with Crippen LogP contribution in [0.25, 0.3) is 6.08 Å². The molecule has 0 aliphatic heterocycles. The third kappa shape index (κ3) is 6.23. The summed E-state index contributed by atoms with van der Waals surface area (Å²) in [5.41, 5.74) is 1.26. The summed E-state index contributed by atoms with van der Waals surface area (Å²) in [6.07, 6.45) is 2.02. The molecule has 2 aromatic carbocycles. The topological polar surface area (TPSA) is 87.7 Å². The molecule has 3 N–H and O–H groups in total. The second kappa shape index (κ2) is 10.5. The van der Waals surface area contributed by atoms with Gasteiger partial charge in [-0.25, -0.2) is 0 Å². The van der Waals surface area contributed by atoms with E-state index in [2.05, 4.69) is 26.6 Å². The lowest BCUT2D eigenvalue weighted by Crippen LogP contribution is -2.35. The maximum atomic E-state index is 12.6. The zero-order valence-electron chi connectivity index (χ0n) is 14.9. The van der Waals surface area contributed by atoms with Gasteiger partial charge in [0, 0.05) is 17.6 Å². The Kier molecular flexibility index (Phi) is 8.03. The standard InChI is InChI=1S/C20H21BrN2O4/c1-27-15-9-7-14(8-10-15)13-18(20(26)22-11-4-12-24)23-19(25)16-5-2-3-6-17(16)21/h2-3,5-10,13,24H,4,11-12H2,1H3,(H,22,26)(H,23,25)/b18-13-. The molecule has 2 rings (SSSR count). The van der Waals surface area contributed by atoms with Gasteiger partial charge in [0.15, 0.2) is 0 Å². The molecule has 0 radical (unpaired) electrons. The van der Waals surface area contributed by atoms with Gasteiger partial charge in [0.05, 0.1) is 12.7 Å². The van der Waals surface area contributed by atoms with E-state index in [0.29, 0.717) is 28.8 Å². The predicted octanol–water partition coefficient (Wildman–Crippen LogP) is 2.73. The van der Waals surface area contributed by atoms with Gasteiger partial charge in [0.25, 0.3) is 11.8 Å². The number of methoxy groups -OCH3 is 1. The van der Waals surface area contributed by atoms with E-state index in [9.17, 15) is 9.59 Å². The van der Waals surface area contributed by atoms with Crippen molar-refractivity contribution >= 4 is 33.8 Å². The van der Waals surface area contributed by atoms with E-state index in [-0.39, 0.29) is 12.3 Å². The Morgan fingerprint density at radius 3 is 2.48 bits per heavy atom. The Morgan fingerprint density at radius 2 is 1.85 bits per heavy atom. The Labute approximate surface area is 166 Å². The van der Waals surface area contributed by atoms with E-state index in [1.807, 2.05) is 0 Å². The average molecular weight is 433 g/mol. The van der Waals surface area contributed by atoms with Crippen LogP contribution in [0, 0.1) is 0 Å². The third-order valence-corrected chi connectivity index (χ3v) is 4.35. The molecule has 0 saturated carbocycles. The van der Waals surface area contributed by atoms with E-state index in [1.165, 1.54) is 0 Å². The number of ether oxygens (including phenoxy) is 1. The molecule has 0 fully saturated rings. The van der Waals surface area contributed by atoms with Gasteiger partial charge in [-0.3, -0.25) is 9.59 Å². The van der Waals surface area contributed by atoms with Gasteiger partial charge in [-0.2, -0.15) is 0 Å². The maximum Gasteiger partial charge on any atom is 0.267 e. The third-order valence-electron chi connectivity index (χ3n) is 3.66. The fourth-order valence-corrected chi connectivity index (χ4v) is 2.70. The van der Waals surface area contributed by atoms with E-state index in [4.69, 9.17) is 9.84 Å². The number of carbonyl (C=O) groups is 2. The number of carbonyl (C=O) groups excluding carboxylic acids is 2. The van der Waals surface area contributed by atoms with Gasteiger partial charge in [0.2, 0.25) is 0 Å². The molecule has 0 spiro atoms. The van der Waals surface area contributed by atoms with Gasteiger partial charge in [-0.05, 0) is 58.3 Å². The molecule has 27 heavy (non-hydrogen) atoms. The van der Waals surface area contributed by atoms with Crippen molar-refractivity contribution in [2.45, 2.75) is 6.42 Å². The largest absolute Gasteiger partial charge is 0.497 e. The summed E-state index contributed by atoms with van der Waals surface area (Å²) < 4.78 is 5.76. The van der Waals surface area contributed by atoms with Crippen molar-refractivity contribution in [2.24, 2.45) is 0 Å². The number of hydrogen-bond acceptors (Lipinski definition) is 4. The molecule has 2 amide bonds. The number of hydrogen-bond donors (Lipinski definition) is 3. The summed E-state index contributed by atoms with van der Waals surface area (Å²) in [4.78, 5) is 25.1. The molecule has 0 aromatic heterocycles. The molecule has 0 unspecified atom stereocenters. The zero-order chi connectivity index (χ0) is 19.6. The molecule has 7 heteroatoms. The van der Waals surface area contributed by atoms with Crippen molar-refractivity contribution < 1.29 is 19.4 Å².